The number of methoxy groups -OCH3 is 1. The Hall–Kier alpha value is -2.50. The van der Waals surface area contributed by atoms with Crippen LogP contribution in [0.1, 0.15) is 30.1 Å². The molecular formula is C17H20N2O4. The van der Waals surface area contributed by atoms with Crippen LogP contribution >= 0.6 is 0 Å². The van der Waals surface area contributed by atoms with Gasteiger partial charge in [0.2, 0.25) is 0 Å². The Labute approximate surface area is 134 Å². The second-order valence-corrected chi connectivity index (χ2v) is 5.84. The molecule has 6 heteroatoms. The Morgan fingerprint density at radius 2 is 2.17 bits per heavy atom. The van der Waals surface area contributed by atoms with Gasteiger partial charge >= 0.3 is 6.09 Å². The molecule has 1 aliphatic rings. The molecule has 2 atom stereocenters. The van der Waals surface area contributed by atoms with Crippen LogP contribution in [0.4, 0.5) is 4.79 Å². The van der Waals surface area contributed by atoms with E-state index in [0.29, 0.717) is 12.3 Å². The minimum atomic E-state index is -0.306. The van der Waals surface area contributed by atoms with Crippen molar-refractivity contribution in [3.05, 3.63) is 58.1 Å². The average Bonchev–Trinajstić information content (AvgIpc) is 3.01. The normalized spacial score (nSPS) is 21.2. The largest absolute Gasteiger partial charge is 0.453 e. The Balaban J connectivity index is 1.79. The zero-order valence-corrected chi connectivity index (χ0v) is 13.0. The van der Waals surface area contributed by atoms with Crippen molar-refractivity contribution in [2.45, 2.75) is 31.2 Å². The number of nitrogens with zero attached hydrogens (tertiary/aromatic N) is 1. The van der Waals surface area contributed by atoms with Crippen molar-refractivity contribution >= 4 is 6.09 Å². The number of aromatic nitrogens is 1. The van der Waals surface area contributed by atoms with Crippen LogP contribution in [-0.2, 0) is 11.2 Å². The van der Waals surface area contributed by atoms with Crippen LogP contribution < -0.4 is 5.56 Å². The fourth-order valence-electron chi connectivity index (χ4n) is 3.25. The lowest BCUT2D eigenvalue weighted by atomic mass is 9.86. The van der Waals surface area contributed by atoms with E-state index in [2.05, 4.69) is 17.3 Å². The van der Waals surface area contributed by atoms with E-state index in [4.69, 9.17) is 9.26 Å². The molecule has 3 rings (SSSR count). The number of ether oxygens (including phenoxy) is 1. The number of hydrogen-bond donors (Lipinski definition) is 1. The first kappa shape index (κ1) is 15.4. The van der Waals surface area contributed by atoms with Gasteiger partial charge in [0.15, 0.2) is 0 Å². The van der Waals surface area contributed by atoms with Crippen molar-refractivity contribution < 1.29 is 14.1 Å². The highest BCUT2D eigenvalue weighted by atomic mass is 16.5. The number of aromatic amines is 1. The highest BCUT2D eigenvalue weighted by Gasteiger charge is 2.34. The lowest BCUT2D eigenvalue weighted by Crippen LogP contribution is -2.46. The van der Waals surface area contributed by atoms with Gasteiger partial charge in [0.05, 0.1) is 7.11 Å². The molecule has 0 saturated carbocycles. The molecule has 1 saturated heterocycles. The van der Waals surface area contributed by atoms with Gasteiger partial charge in [-0.1, -0.05) is 30.3 Å². The molecule has 1 aliphatic heterocycles. The molecule has 0 bridgehead atoms. The Morgan fingerprint density at radius 1 is 1.39 bits per heavy atom. The molecule has 1 fully saturated rings. The molecule has 1 aromatic heterocycles. The quantitative estimate of drug-likeness (QED) is 0.944. The maximum atomic E-state index is 12.0. The van der Waals surface area contributed by atoms with Crippen LogP contribution in [0.2, 0.25) is 0 Å². The summed E-state index contributed by atoms with van der Waals surface area (Å²) in [5.41, 5.74) is 0.942. The summed E-state index contributed by atoms with van der Waals surface area (Å²) in [6.45, 7) is 0.587. The van der Waals surface area contributed by atoms with Crippen LogP contribution in [0, 0.1) is 0 Å². The van der Waals surface area contributed by atoms with Gasteiger partial charge in [0.1, 0.15) is 5.76 Å². The number of nitrogens with one attached hydrogen (secondary N) is 1. The number of piperidine rings is 1. The maximum Gasteiger partial charge on any atom is 0.409 e. The summed E-state index contributed by atoms with van der Waals surface area (Å²) < 4.78 is 10.2. The topological polar surface area (TPSA) is 75.5 Å². The molecule has 2 aromatic rings. The van der Waals surface area contributed by atoms with E-state index in [0.717, 1.165) is 19.3 Å². The Morgan fingerprint density at radius 3 is 2.83 bits per heavy atom. The number of H-pyrrole nitrogens is 1. The lowest BCUT2D eigenvalue weighted by Gasteiger charge is -2.38. The van der Waals surface area contributed by atoms with Crippen molar-refractivity contribution in [3.63, 3.8) is 0 Å². The summed E-state index contributed by atoms with van der Waals surface area (Å²) in [5.74, 6) is 0.793. The molecule has 2 unspecified atom stereocenters. The zero-order chi connectivity index (χ0) is 16.2. The number of likely N-dealkylation sites (tertiary alicyclic amines) is 1. The Bertz CT molecular complexity index is 707. The van der Waals surface area contributed by atoms with E-state index in [9.17, 15) is 9.59 Å². The summed E-state index contributed by atoms with van der Waals surface area (Å²) in [5, 5.41) is 2.34. The van der Waals surface area contributed by atoms with Crippen molar-refractivity contribution in [1.82, 2.24) is 10.1 Å². The summed E-state index contributed by atoms with van der Waals surface area (Å²) in [6, 6.07) is 11.6. The van der Waals surface area contributed by atoms with Crippen LogP contribution in [0.25, 0.3) is 0 Å². The average molecular weight is 316 g/mol. The van der Waals surface area contributed by atoms with E-state index in [-0.39, 0.29) is 23.6 Å². The van der Waals surface area contributed by atoms with E-state index in [1.807, 2.05) is 18.2 Å². The van der Waals surface area contributed by atoms with Gasteiger partial charge in [0, 0.05) is 24.6 Å². The molecule has 23 heavy (non-hydrogen) atoms. The van der Waals surface area contributed by atoms with Crippen LogP contribution in [-0.4, -0.2) is 35.8 Å². The van der Waals surface area contributed by atoms with E-state index in [1.54, 1.807) is 4.90 Å². The van der Waals surface area contributed by atoms with Gasteiger partial charge < -0.3 is 14.2 Å². The molecule has 6 nitrogen and oxygen atoms in total. The summed E-state index contributed by atoms with van der Waals surface area (Å²) in [4.78, 5) is 25.1. The lowest BCUT2D eigenvalue weighted by molar-refractivity contribution is 0.0817. The number of carbonyl (C=O) groups excluding carboxylic acids is 1. The third-order valence-electron chi connectivity index (χ3n) is 4.38. The molecule has 122 valence electrons. The number of amides is 1. The smallest absolute Gasteiger partial charge is 0.409 e. The number of carbonyl (C=O) groups is 1. The van der Waals surface area contributed by atoms with Gasteiger partial charge in [-0.3, -0.25) is 4.79 Å². The van der Waals surface area contributed by atoms with E-state index < -0.39 is 0 Å². The first-order chi connectivity index (χ1) is 11.2. The van der Waals surface area contributed by atoms with Gasteiger partial charge in [-0.2, -0.15) is 5.16 Å². The van der Waals surface area contributed by atoms with Crippen LogP contribution in [0.5, 0.6) is 0 Å². The number of rotatable bonds is 3. The van der Waals surface area contributed by atoms with Gasteiger partial charge in [-0.05, 0) is 24.8 Å². The highest BCUT2D eigenvalue weighted by molar-refractivity contribution is 5.68. The third-order valence-corrected chi connectivity index (χ3v) is 4.38. The monoisotopic (exact) mass is 316 g/mol. The zero-order valence-electron chi connectivity index (χ0n) is 13.0. The second-order valence-electron chi connectivity index (χ2n) is 5.84. The maximum absolute atomic E-state index is 12.0. The summed E-state index contributed by atoms with van der Waals surface area (Å²) in [7, 11) is 1.40. The molecule has 0 radical (unpaired) electrons. The van der Waals surface area contributed by atoms with Crippen LogP contribution in [0.15, 0.2) is 45.7 Å². The van der Waals surface area contributed by atoms with Gasteiger partial charge in [-0.25, -0.2) is 4.79 Å². The third kappa shape index (κ3) is 3.47. The predicted octanol–water partition coefficient (Wildman–Crippen LogP) is 2.53. The van der Waals surface area contributed by atoms with E-state index >= 15 is 0 Å². The first-order valence-electron chi connectivity index (χ1n) is 7.74. The van der Waals surface area contributed by atoms with Crippen molar-refractivity contribution in [1.29, 1.82) is 0 Å². The fourth-order valence-corrected chi connectivity index (χ4v) is 3.25. The van der Waals surface area contributed by atoms with Crippen molar-refractivity contribution in [2.24, 2.45) is 0 Å². The first-order valence-corrected chi connectivity index (χ1v) is 7.74. The molecule has 1 aromatic carbocycles. The highest BCUT2D eigenvalue weighted by Crippen LogP contribution is 2.32. The summed E-state index contributed by atoms with van der Waals surface area (Å²) in [6.07, 6.45) is 1.94. The predicted molar refractivity (Wildman–Crippen MR) is 84.3 cm³/mol. The minimum absolute atomic E-state index is 0.0174. The number of hydrogen-bond acceptors (Lipinski definition) is 4. The second kappa shape index (κ2) is 6.73. The summed E-state index contributed by atoms with van der Waals surface area (Å²) >= 11 is 0. The van der Waals surface area contributed by atoms with Gasteiger partial charge in [0.25, 0.3) is 5.56 Å². The van der Waals surface area contributed by atoms with E-state index in [1.165, 1.54) is 18.7 Å². The number of benzene rings is 1. The Kier molecular flexibility index (Phi) is 4.50. The molecule has 0 aliphatic carbocycles. The fraction of sp³-hybridized carbons (Fsp3) is 0.412. The molecule has 0 spiro atoms. The molecular weight excluding hydrogens is 296 g/mol. The van der Waals surface area contributed by atoms with Crippen molar-refractivity contribution in [2.75, 3.05) is 13.7 Å². The molecule has 1 N–H and O–H groups in total. The molecule has 1 amide bonds. The standard InChI is InChI=1S/C17H20N2O4/c1-22-17(21)19-8-7-13(15-11-16(20)18-23-15)10-14(19)9-12-5-3-2-4-6-12/h2-6,11,13-14H,7-10H2,1H3,(H,18,20). The SMILES string of the molecule is COC(=O)N1CCC(c2cc(=O)[nH]o2)CC1Cc1ccccc1. The van der Waals surface area contributed by atoms with Gasteiger partial charge in [-0.15, -0.1) is 0 Å². The van der Waals surface area contributed by atoms with Crippen molar-refractivity contribution in [3.8, 4) is 0 Å². The minimum Gasteiger partial charge on any atom is -0.453 e. The molecule has 2 heterocycles. The van der Waals surface area contributed by atoms with Crippen LogP contribution in [0.3, 0.4) is 0 Å².